The zero-order valence-electron chi connectivity index (χ0n) is 17.3. The minimum atomic E-state index is -3.75. The van der Waals surface area contributed by atoms with Gasteiger partial charge < -0.3 is 15.1 Å². The van der Waals surface area contributed by atoms with Crippen molar-refractivity contribution in [2.45, 2.75) is 36.2 Å². The third-order valence-electron chi connectivity index (χ3n) is 5.84. The van der Waals surface area contributed by atoms with E-state index in [1.807, 2.05) is 0 Å². The van der Waals surface area contributed by atoms with Crippen LogP contribution in [0.1, 0.15) is 19.3 Å². The van der Waals surface area contributed by atoms with E-state index in [-0.39, 0.29) is 11.9 Å². The monoisotopic (exact) mass is 485 g/mol. The second kappa shape index (κ2) is 8.78. The lowest BCUT2D eigenvalue weighted by atomic mass is 10.0. The molecule has 32 heavy (non-hydrogen) atoms. The van der Waals surface area contributed by atoms with Crippen LogP contribution in [0, 0.1) is 11.6 Å². The molecule has 0 aliphatic carbocycles. The Balaban J connectivity index is 1.39. The fraction of sp³-hybridized carbons (Fsp3) is 0.450. The number of aromatic nitrogens is 2. The molecule has 1 aromatic carbocycles. The molecule has 2 saturated heterocycles. The lowest BCUT2D eigenvalue weighted by Crippen LogP contribution is -2.47. The standard InChI is InChI=1S/C20H22ClF2N5O3S/c1-32(30,31)13-8-14(22)19(15(23)9-13)26-16-4-7-28(20(16)29)12-2-5-27(6-3-12)18-11-24-17(21)10-25-18/h8-12,16,26H,2-7H2,1H3/t16-/m0/s1. The number of rotatable bonds is 5. The van der Waals surface area contributed by atoms with Gasteiger partial charge in [-0.05, 0) is 31.4 Å². The number of carbonyl (C=O) groups is 1. The molecular weight excluding hydrogens is 464 g/mol. The number of nitrogens with zero attached hydrogens (tertiary/aromatic N) is 4. The Morgan fingerprint density at radius 2 is 1.72 bits per heavy atom. The molecule has 0 radical (unpaired) electrons. The van der Waals surface area contributed by atoms with Gasteiger partial charge in [-0.25, -0.2) is 27.2 Å². The minimum Gasteiger partial charge on any atom is -0.369 e. The van der Waals surface area contributed by atoms with Crippen molar-refractivity contribution in [3.63, 3.8) is 0 Å². The molecule has 3 heterocycles. The number of nitrogens with one attached hydrogen (secondary N) is 1. The first-order valence-corrected chi connectivity index (χ1v) is 12.4. The van der Waals surface area contributed by atoms with Crippen LogP contribution >= 0.6 is 11.6 Å². The maximum atomic E-state index is 14.4. The van der Waals surface area contributed by atoms with Gasteiger partial charge in [0.25, 0.3) is 0 Å². The Hall–Kier alpha value is -2.53. The molecule has 0 bridgehead atoms. The van der Waals surface area contributed by atoms with Crippen molar-refractivity contribution < 1.29 is 22.0 Å². The molecule has 1 N–H and O–H groups in total. The van der Waals surface area contributed by atoms with Crippen LogP contribution in [-0.2, 0) is 14.6 Å². The fourth-order valence-electron chi connectivity index (χ4n) is 4.15. The van der Waals surface area contributed by atoms with E-state index in [9.17, 15) is 22.0 Å². The van der Waals surface area contributed by atoms with Crippen molar-refractivity contribution >= 4 is 38.9 Å². The Morgan fingerprint density at radius 3 is 2.28 bits per heavy atom. The van der Waals surface area contributed by atoms with Crippen molar-refractivity contribution in [2.24, 2.45) is 0 Å². The van der Waals surface area contributed by atoms with Gasteiger partial charge >= 0.3 is 0 Å². The molecule has 8 nitrogen and oxygen atoms in total. The zero-order valence-corrected chi connectivity index (χ0v) is 18.8. The smallest absolute Gasteiger partial charge is 0.245 e. The summed E-state index contributed by atoms with van der Waals surface area (Å²) < 4.78 is 51.9. The summed E-state index contributed by atoms with van der Waals surface area (Å²) >= 11 is 5.78. The number of amides is 1. The van der Waals surface area contributed by atoms with Gasteiger partial charge in [0, 0.05) is 31.9 Å². The topological polar surface area (TPSA) is 95.5 Å². The number of anilines is 2. The molecule has 2 aromatic rings. The van der Waals surface area contributed by atoms with Gasteiger partial charge in [-0.1, -0.05) is 11.6 Å². The molecule has 2 fully saturated rings. The van der Waals surface area contributed by atoms with Crippen LogP contribution < -0.4 is 10.2 Å². The third-order valence-corrected chi connectivity index (χ3v) is 7.13. The average Bonchev–Trinajstić information content (AvgIpc) is 3.11. The molecule has 1 aromatic heterocycles. The molecule has 0 unspecified atom stereocenters. The van der Waals surface area contributed by atoms with Crippen molar-refractivity contribution in [1.82, 2.24) is 14.9 Å². The Bertz CT molecular complexity index is 1100. The normalized spacial score (nSPS) is 20.1. The highest BCUT2D eigenvalue weighted by Crippen LogP contribution is 2.29. The van der Waals surface area contributed by atoms with Gasteiger partial charge in [-0.3, -0.25) is 4.79 Å². The highest BCUT2D eigenvalue weighted by Gasteiger charge is 2.38. The summed E-state index contributed by atoms with van der Waals surface area (Å²) in [6.45, 7) is 1.87. The van der Waals surface area contributed by atoms with Crippen molar-refractivity contribution in [2.75, 3.05) is 36.1 Å². The molecule has 2 aliphatic rings. The maximum Gasteiger partial charge on any atom is 0.245 e. The van der Waals surface area contributed by atoms with Crippen LogP contribution in [0.15, 0.2) is 29.4 Å². The molecule has 0 spiro atoms. The number of piperidine rings is 1. The van der Waals surface area contributed by atoms with Gasteiger partial charge in [0.15, 0.2) is 21.5 Å². The van der Waals surface area contributed by atoms with Gasteiger partial charge in [-0.2, -0.15) is 0 Å². The Morgan fingerprint density at radius 1 is 1.06 bits per heavy atom. The second-order valence-corrected chi connectivity index (χ2v) is 10.4. The van der Waals surface area contributed by atoms with Crippen molar-refractivity contribution in [3.05, 3.63) is 41.3 Å². The van der Waals surface area contributed by atoms with Crippen molar-refractivity contribution in [1.29, 1.82) is 0 Å². The van der Waals surface area contributed by atoms with E-state index in [0.29, 0.717) is 31.2 Å². The van der Waals surface area contributed by atoms with E-state index in [1.165, 1.54) is 6.20 Å². The maximum absolute atomic E-state index is 14.4. The molecule has 12 heteroatoms. The summed E-state index contributed by atoms with van der Waals surface area (Å²) in [7, 11) is -3.75. The van der Waals surface area contributed by atoms with E-state index in [1.54, 1.807) is 11.1 Å². The van der Waals surface area contributed by atoms with Crippen LogP contribution in [0.25, 0.3) is 0 Å². The average molecular weight is 486 g/mol. The molecule has 172 valence electrons. The number of hydrogen-bond donors (Lipinski definition) is 1. The van der Waals surface area contributed by atoms with Crippen LogP contribution in [0.2, 0.25) is 5.15 Å². The van der Waals surface area contributed by atoms with Gasteiger partial charge in [0.05, 0.1) is 17.3 Å². The molecule has 2 aliphatic heterocycles. The van der Waals surface area contributed by atoms with E-state index < -0.39 is 38.1 Å². The summed E-state index contributed by atoms with van der Waals surface area (Å²) in [5.74, 6) is -1.59. The van der Waals surface area contributed by atoms with Crippen LogP contribution in [0.4, 0.5) is 20.3 Å². The van der Waals surface area contributed by atoms with Crippen LogP contribution in [0.3, 0.4) is 0 Å². The summed E-state index contributed by atoms with van der Waals surface area (Å²) in [5.41, 5.74) is -0.492. The Kier molecular flexibility index (Phi) is 6.22. The number of carbonyl (C=O) groups excluding carboxylic acids is 1. The number of benzene rings is 1. The predicted octanol–water partition coefficient (Wildman–Crippen LogP) is 2.49. The second-order valence-electron chi connectivity index (χ2n) is 7.97. The molecule has 1 atom stereocenters. The molecule has 4 rings (SSSR count). The number of likely N-dealkylation sites (tertiary alicyclic amines) is 1. The van der Waals surface area contributed by atoms with Crippen LogP contribution in [0.5, 0.6) is 0 Å². The number of sulfone groups is 1. The van der Waals surface area contributed by atoms with E-state index in [0.717, 1.165) is 37.0 Å². The first kappa shape index (κ1) is 22.7. The summed E-state index contributed by atoms with van der Waals surface area (Å²) in [6.07, 6.45) is 5.83. The van der Waals surface area contributed by atoms with Gasteiger partial charge in [-0.15, -0.1) is 0 Å². The largest absolute Gasteiger partial charge is 0.369 e. The highest BCUT2D eigenvalue weighted by atomic mass is 35.5. The molecule has 0 saturated carbocycles. The first-order valence-electron chi connectivity index (χ1n) is 10.1. The lowest BCUT2D eigenvalue weighted by Gasteiger charge is -2.37. The zero-order chi connectivity index (χ0) is 23.0. The lowest BCUT2D eigenvalue weighted by molar-refractivity contribution is -0.130. The summed E-state index contributed by atoms with van der Waals surface area (Å²) in [6, 6.07) is 0.761. The number of halogens is 3. The number of hydrogen-bond acceptors (Lipinski definition) is 7. The predicted molar refractivity (Wildman–Crippen MR) is 115 cm³/mol. The third kappa shape index (κ3) is 4.63. The van der Waals surface area contributed by atoms with E-state index in [2.05, 4.69) is 20.2 Å². The molecule has 1 amide bonds. The van der Waals surface area contributed by atoms with Gasteiger partial charge in [0.2, 0.25) is 5.91 Å². The van der Waals surface area contributed by atoms with E-state index in [4.69, 9.17) is 11.6 Å². The molecular formula is C20H22ClF2N5O3S. The van der Waals surface area contributed by atoms with Crippen LogP contribution in [-0.4, -0.2) is 67.2 Å². The summed E-state index contributed by atoms with van der Waals surface area (Å²) in [5, 5.41) is 2.96. The van der Waals surface area contributed by atoms with E-state index >= 15 is 0 Å². The fourth-order valence-corrected chi connectivity index (χ4v) is 4.88. The van der Waals surface area contributed by atoms with Gasteiger partial charge in [0.1, 0.15) is 22.7 Å². The Labute approximate surface area is 189 Å². The van der Waals surface area contributed by atoms with Crippen molar-refractivity contribution in [3.8, 4) is 0 Å². The summed E-state index contributed by atoms with van der Waals surface area (Å²) in [4.78, 5) is 24.6. The highest BCUT2D eigenvalue weighted by molar-refractivity contribution is 7.90. The minimum absolute atomic E-state index is 0.0214. The quantitative estimate of drug-likeness (QED) is 0.695. The SMILES string of the molecule is CS(=O)(=O)c1cc(F)c(N[C@H]2CCN(C3CCN(c4cnc(Cl)cn4)CC3)C2=O)c(F)c1. The first-order chi connectivity index (χ1) is 15.1.